The number of pyridine rings is 1. The smallest absolute Gasteiger partial charge is 0.213 e. The van der Waals surface area contributed by atoms with E-state index in [1.165, 1.54) is 17.7 Å². The van der Waals surface area contributed by atoms with Crippen LogP contribution in [0.4, 0.5) is 0 Å². The molecule has 1 fully saturated rings. The van der Waals surface area contributed by atoms with Gasteiger partial charge in [0.1, 0.15) is 6.10 Å². The van der Waals surface area contributed by atoms with Crippen molar-refractivity contribution in [1.82, 2.24) is 20.6 Å². The third kappa shape index (κ3) is 7.20. The van der Waals surface area contributed by atoms with E-state index in [2.05, 4.69) is 38.6 Å². The van der Waals surface area contributed by atoms with Crippen LogP contribution in [0.1, 0.15) is 48.1 Å². The number of guanidine groups is 1. The van der Waals surface area contributed by atoms with Crippen molar-refractivity contribution in [3.05, 3.63) is 40.0 Å². The number of rotatable bonds is 8. The molecule has 0 radical (unpaired) electrons. The monoisotopic (exact) mass is 515 g/mol. The average Bonchev–Trinajstić information content (AvgIpc) is 3.37. The molecule has 0 atom stereocenters. The predicted octanol–water partition coefficient (Wildman–Crippen LogP) is 3.95. The first-order chi connectivity index (χ1) is 13.3. The summed E-state index contributed by atoms with van der Waals surface area (Å²) >= 11 is 1.78. The summed E-state index contributed by atoms with van der Waals surface area (Å²) in [7, 11) is 1.78. The molecule has 2 aromatic heterocycles. The molecular weight excluding hydrogens is 485 g/mol. The Morgan fingerprint density at radius 1 is 1.21 bits per heavy atom. The van der Waals surface area contributed by atoms with Gasteiger partial charge in [-0.05, 0) is 37.7 Å². The van der Waals surface area contributed by atoms with E-state index >= 15 is 0 Å². The molecule has 8 heteroatoms. The summed E-state index contributed by atoms with van der Waals surface area (Å²) < 4.78 is 5.91. The Morgan fingerprint density at radius 3 is 2.68 bits per heavy atom. The molecule has 3 rings (SSSR count). The molecule has 6 nitrogen and oxygen atoms in total. The zero-order valence-electron chi connectivity index (χ0n) is 16.6. The van der Waals surface area contributed by atoms with Gasteiger partial charge in [-0.25, -0.2) is 9.97 Å². The second kappa shape index (κ2) is 12.2. The average molecular weight is 515 g/mol. The van der Waals surface area contributed by atoms with Gasteiger partial charge in [0.15, 0.2) is 5.96 Å². The van der Waals surface area contributed by atoms with E-state index in [4.69, 9.17) is 4.74 Å². The van der Waals surface area contributed by atoms with Crippen LogP contribution in [-0.4, -0.2) is 35.6 Å². The maximum atomic E-state index is 5.91. The number of ether oxygens (including phenoxy) is 1. The molecule has 1 aliphatic rings. The number of aromatic nitrogens is 2. The van der Waals surface area contributed by atoms with E-state index in [-0.39, 0.29) is 24.0 Å². The number of aliphatic imine (C=N–C) groups is 1. The summed E-state index contributed by atoms with van der Waals surface area (Å²) in [5, 5.41) is 7.82. The number of nitrogens with zero attached hydrogens (tertiary/aromatic N) is 3. The molecule has 0 aliphatic heterocycles. The fourth-order valence-corrected chi connectivity index (χ4v) is 3.95. The molecule has 1 saturated carbocycles. The number of hydrogen-bond acceptors (Lipinski definition) is 5. The Morgan fingerprint density at radius 2 is 2.04 bits per heavy atom. The molecule has 0 saturated heterocycles. The van der Waals surface area contributed by atoms with Crippen LogP contribution >= 0.6 is 35.3 Å². The van der Waals surface area contributed by atoms with Crippen LogP contribution in [0.2, 0.25) is 0 Å². The number of hydrogen-bond donors (Lipinski definition) is 2. The van der Waals surface area contributed by atoms with Gasteiger partial charge < -0.3 is 15.4 Å². The van der Waals surface area contributed by atoms with Gasteiger partial charge in [0, 0.05) is 49.9 Å². The van der Waals surface area contributed by atoms with E-state index < -0.39 is 0 Å². The topological polar surface area (TPSA) is 71.4 Å². The van der Waals surface area contributed by atoms with Crippen molar-refractivity contribution in [2.24, 2.45) is 4.99 Å². The minimum Gasteiger partial charge on any atom is -0.474 e. The molecule has 154 valence electrons. The minimum absolute atomic E-state index is 0. The molecular formula is C20H30IN5OS. The highest BCUT2D eigenvalue weighted by Gasteiger charge is 2.16. The highest BCUT2D eigenvalue weighted by molar-refractivity contribution is 14.0. The lowest BCUT2D eigenvalue weighted by Crippen LogP contribution is -2.37. The maximum Gasteiger partial charge on any atom is 0.213 e. The van der Waals surface area contributed by atoms with Crippen LogP contribution in [0.25, 0.3) is 0 Å². The molecule has 0 unspecified atom stereocenters. The van der Waals surface area contributed by atoms with E-state index in [0.717, 1.165) is 54.6 Å². The standard InChI is InChI=1S/C20H29N5OS.HI/c1-3-17-14-24-19(27-17)10-11-22-20(21-2)25-13-15-8-9-18(23-12-15)26-16-6-4-5-7-16;/h8-9,12,14,16H,3-7,10-11,13H2,1-2H3,(H2,21,22,25);1H. The van der Waals surface area contributed by atoms with Crippen LogP contribution in [0.15, 0.2) is 29.5 Å². The first kappa shape index (κ1) is 22.9. The molecule has 2 N–H and O–H groups in total. The van der Waals surface area contributed by atoms with Crippen LogP contribution in [0, 0.1) is 0 Å². The molecule has 1 aliphatic carbocycles. The molecule has 0 spiro atoms. The fourth-order valence-electron chi connectivity index (χ4n) is 3.08. The first-order valence-corrected chi connectivity index (χ1v) is 10.6. The van der Waals surface area contributed by atoms with Gasteiger partial charge in [0.2, 0.25) is 5.88 Å². The Balaban J connectivity index is 0.00000280. The van der Waals surface area contributed by atoms with Gasteiger partial charge in [-0.2, -0.15) is 0 Å². The van der Waals surface area contributed by atoms with Crippen molar-refractivity contribution in [2.45, 2.75) is 58.1 Å². The third-order valence-electron chi connectivity index (χ3n) is 4.65. The highest BCUT2D eigenvalue weighted by atomic mass is 127. The first-order valence-electron chi connectivity index (χ1n) is 9.76. The molecule has 28 heavy (non-hydrogen) atoms. The lowest BCUT2D eigenvalue weighted by atomic mass is 10.3. The largest absolute Gasteiger partial charge is 0.474 e. The molecule has 2 aromatic rings. The number of halogens is 1. The predicted molar refractivity (Wildman–Crippen MR) is 126 cm³/mol. The Bertz CT molecular complexity index is 728. The zero-order chi connectivity index (χ0) is 18.9. The zero-order valence-corrected chi connectivity index (χ0v) is 19.8. The summed E-state index contributed by atoms with van der Waals surface area (Å²) in [6.07, 6.45) is 11.0. The van der Waals surface area contributed by atoms with E-state index in [9.17, 15) is 0 Å². The van der Waals surface area contributed by atoms with Gasteiger partial charge in [0.25, 0.3) is 0 Å². The van der Waals surface area contributed by atoms with Crippen LogP contribution in [-0.2, 0) is 19.4 Å². The van der Waals surface area contributed by atoms with E-state index in [0.29, 0.717) is 12.6 Å². The van der Waals surface area contributed by atoms with E-state index in [1.807, 2.05) is 18.5 Å². The summed E-state index contributed by atoms with van der Waals surface area (Å²) in [5.41, 5.74) is 1.10. The fraction of sp³-hybridized carbons (Fsp3) is 0.550. The van der Waals surface area contributed by atoms with Crippen molar-refractivity contribution in [1.29, 1.82) is 0 Å². The second-order valence-corrected chi connectivity index (χ2v) is 7.91. The lowest BCUT2D eigenvalue weighted by molar-refractivity contribution is 0.201. The third-order valence-corrected chi connectivity index (χ3v) is 5.85. The SMILES string of the molecule is CCc1cnc(CCNC(=NC)NCc2ccc(OC3CCCC3)nc2)s1.I. The summed E-state index contributed by atoms with van der Waals surface area (Å²) in [4.78, 5) is 14.5. The number of thiazole rings is 1. The van der Waals surface area contributed by atoms with Crippen LogP contribution in [0.5, 0.6) is 5.88 Å². The maximum absolute atomic E-state index is 5.91. The van der Waals surface area contributed by atoms with Crippen LogP contribution < -0.4 is 15.4 Å². The Labute approximate surface area is 188 Å². The van der Waals surface area contributed by atoms with E-state index in [1.54, 1.807) is 18.4 Å². The summed E-state index contributed by atoms with van der Waals surface area (Å²) in [5.74, 6) is 1.51. The minimum atomic E-state index is 0. The Hall–Kier alpha value is -1.42. The molecule has 2 heterocycles. The highest BCUT2D eigenvalue weighted by Crippen LogP contribution is 2.22. The van der Waals surface area contributed by atoms with Crippen molar-refractivity contribution in [2.75, 3.05) is 13.6 Å². The van der Waals surface area contributed by atoms with Gasteiger partial charge in [-0.3, -0.25) is 4.99 Å². The molecule has 0 bridgehead atoms. The van der Waals surface area contributed by atoms with Crippen molar-refractivity contribution < 1.29 is 4.74 Å². The Kier molecular flexibility index (Phi) is 9.97. The second-order valence-electron chi connectivity index (χ2n) is 6.71. The van der Waals surface area contributed by atoms with Gasteiger partial charge in [-0.1, -0.05) is 13.0 Å². The van der Waals surface area contributed by atoms with Crippen molar-refractivity contribution in [3.8, 4) is 5.88 Å². The van der Waals surface area contributed by atoms with Crippen molar-refractivity contribution in [3.63, 3.8) is 0 Å². The number of aryl methyl sites for hydroxylation is 1. The van der Waals surface area contributed by atoms with Gasteiger partial charge in [0.05, 0.1) is 5.01 Å². The molecule has 0 aromatic carbocycles. The van der Waals surface area contributed by atoms with Gasteiger partial charge in [-0.15, -0.1) is 35.3 Å². The lowest BCUT2D eigenvalue weighted by Gasteiger charge is -2.13. The quantitative estimate of drug-likeness (QED) is 0.317. The normalized spacial score (nSPS) is 14.6. The van der Waals surface area contributed by atoms with Crippen molar-refractivity contribution >= 4 is 41.3 Å². The number of nitrogens with one attached hydrogen (secondary N) is 2. The van der Waals surface area contributed by atoms with Crippen LogP contribution in [0.3, 0.4) is 0 Å². The molecule has 0 amide bonds. The summed E-state index contributed by atoms with van der Waals surface area (Å²) in [6.45, 7) is 3.64. The van der Waals surface area contributed by atoms with Gasteiger partial charge >= 0.3 is 0 Å². The summed E-state index contributed by atoms with van der Waals surface area (Å²) in [6, 6.07) is 4.01.